The molecule has 0 fully saturated rings. The summed E-state index contributed by atoms with van der Waals surface area (Å²) in [5, 5.41) is 17.6. The normalized spacial score (nSPS) is 11.5. The number of amides is 3. The minimum Gasteiger partial charge on any atom is -0.480 e. The highest BCUT2D eigenvalue weighted by atomic mass is 35.5. The first-order valence-electron chi connectivity index (χ1n) is 8.67. The first-order chi connectivity index (χ1) is 14.2. The van der Waals surface area contributed by atoms with Crippen molar-refractivity contribution in [2.45, 2.75) is 18.9 Å². The maximum atomic E-state index is 12.4. The van der Waals surface area contributed by atoms with Gasteiger partial charge in [0.1, 0.15) is 6.04 Å². The lowest BCUT2D eigenvalue weighted by Crippen LogP contribution is -2.41. The van der Waals surface area contributed by atoms with Gasteiger partial charge in [-0.1, -0.05) is 58.5 Å². The Bertz CT molecular complexity index is 915. The number of carbonyl (C=O) groups is 3. The number of nitrogens with one attached hydrogen (secondary N) is 3. The Hall–Kier alpha value is -2.19. The van der Waals surface area contributed by atoms with E-state index in [1.54, 1.807) is 24.3 Å². The van der Waals surface area contributed by atoms with Crippen LogP contribution >= 0.6 is 46.4 Å². The van der Waals surface area contributed by atoms with Crippen molar-refractivity contribution in [1.29, 1.82) is 0 Å². The molecule has 1 atom stereocenters. The predicted octanol–water partition coefficient (Wildman–Crippen LogP) is 5.09. The summed E-state index contributed by atoms with van der Waals surface area (Å²) in [6.45, 7) is 0.153. The standard InChI is InChI=1S/C19H17Cl4N3O4/c20-10-4-1-5-11(21)15(10)17(27)25-14(18(28)29)8-3-9-24-19(30)26-16-12(22)6-2-7-13(16)23/h1-2,4-7,14H,3,8-9H2,(H,25,27)(H,28,29)(H2,24,26,30)/t14-/m0/s1. The molecule has 2 aromatic carbocycles. The third-order valence-corrected chi connectivity index (χ3v) is 5.21. The molecule has 0 spiro atoms. The molecule has 0 aliphatic heterocycles. The topological polar surface area (TPSA) is 108 Å². The van der Waals surface area contributed by atoms with Gasteiger partial charge in [0.25, 0.3) is 5.91 Å². The molecule has 30 heavy (non-hydrogen) atoms. The maximum Gasteiger partial charge on any atom is 0.326 e. The zero-order chi connectivity index (χ0) is 22.3. The molecule has 0 aromatic heterocycles. The predicted molar refractivity (Wildman–Crippen MR) is 118 cm³/mol. The molecule has 11 heteroatoms. The first kappa shape index (κ1) is 24.1. The lowest BCUT2D eigenvalue weighted by Gasteiger charge is -2.16. The van der Waals surface area contributed by atoms with E-state index in [-0.39, 0.29) is 50.7 Å². The molecule has 4 N–H and O–H groups in total. The average molecular weight is 493 g/mol. The Balaban J connectivity index is 1.86. The molecule has 7 nitrogen and oxygen atoms in total. The molecule has 0 aliphatic carbocycles. The molecule has 3 amide bonds. The average Bonchev–Trinajstić information content (AvgIpc) is 2.67. The number of hydrogen-bond donors (Lipinski definition) is 4. The van der Waals surface area contributed by atoms with Crippen molar-refractivity contribution in [3.8, 4) is 0 Å². The molecular weight excluding hydrogens is 476 g/mol. The molecule has 2 rings (SSSR count). The van der Waals surface area contributed by atoms with Crippen molar-refractivity contribution in [3.05, 3.63) is 62.1 Å². The number of rotatable bonds is 8. The minimum absolute atomic E-state index is 0.00112. The van der Waals surface area contributed by atoms with Gasteiger partial charge < -0.3 is 21.1 Å². The Kier molecular flexibility index (Phi) is 9.05. The quantitative estimate of drug-likeness (QED) is 0.385. The van der Waals surface area contributed by atoms with Crippen molar-refractivity contribution in [2.24, 2.45) is 0 Å². The van der Waals surface area contributed by atoms with E-state index in [0.29, 0.717) is 0 Å². The molecule has 0 unspecified atom stereocenters. The van der Waals surface area contributed by atoms with E-state index in [0.717, 1.165) is 0 Å². The van der Waals surface area contributed by atoms with Gasteiger partial charge in [0, 0.05) is 6.54 Å². The number of benzene rings is 2. The lowest BCUT2D eigenvalue weighted by molar-refractivity contribution is -0.139. The van der Waals surface area contributed by atoms with Crippen LogP contribution in [0.5, 0.6) is 0 Å². The summed E-state index contributed by atoms with van der Waals surface area (Å²) < 4.78 is 0. The summed E-state index contributed by atoms with van der Waals surface area (Å²) in [5.74, 6) is -1.92. The van der Waals surface area contributed by atoms with Crippen LogP contribution in [0.3, 0.4) is 0 Å². The number of carbonyl (C=O) groups excluding carboxylic acids is 2. The zero-order valence-electron chi connectivity index (χ0n) is 15.3. The fourth-order valence-corrected chi connectivity index (χ4v) is 3.55. The van der Waals surface area contributed by atoms with E-state index < -0.39 is 23.9 Å². The van der Waals surface area contributed by atoms with Crippen LogP contribution in [0.4, 0.5) is 10.5 Å². The van der Waals surface area contributed by atoms with Crippen LogP contribution in [-0.4, -0.2) is 35.6 Å². The summed E-state index contributed by atoms with van der Waals surface area (Å²) >= 11 is 23.9. The molecule has 0 saturated carbocycles. The Morgan fingerprint density at radius 2 is 1.43 bits per heavy atom. The van der Waals surface area contributed by atoms with Gasteiger partial charge in [-0.05, 0) is 37.1 Å². The molecule has 0 heterocycles. The van der Waals surface area contributed by atoms with E-state index in [9.17, 15) is 19.5 Å². The lowest BCUT2D eigenvalue weighted by atomic mass is 10.1. The van der Waals surface area contributed by atoms with Crippen LogP contribution in [0.15, 0.2) is 36.4 Å². The second-order valence-electron chi connectivity index (χ2n) is 6.08. The van der Waals surface area contributed by atoms with Gasteiger partial charge >= 0.3 is 12.0 Å². The number of hydrogen-bond acceptors (Lipinski definition) is 3. The third kappa shape index (κ3) is 6.67. The van der Waals surface area contributed by atoms with Gasteiger partial charge in [-0.15, -0.1) is 0 Å². The maximum absolute atomic E-state index is 12.4. The van der Waals surface area contributed by atoms with Gasteiger partial charge in [-0.2, -0.15) is 0 Å². The van der Waals surface area contributed by atoms with Crippen molar-refractivity contribution >= 4 is 70.0 Å². The van der Waals surface area contributed by atoms with Gasteiger partial charge in [0.05, 0.1) is 31.3 Å². The number of para-hydroxylation sites is 1. The Morgan fingerprint density at radius 1 is 0.900 bits per heavy atom. The van der Waals surface area contributed by atoms with Gasteiger partial charge in [-0.3, -0.25) is 4.79 Å². The van der Waals surface area contributed by atoms with Gasteiger partial charge in [0.2, 0.25) is 0 Å². The fourth-order valence-electron chi connectivity index (χ4n) is 2.49. The van der Waals surface area contributed by atoms with Crippen molar-refractivity contribution in [3.63, 3.8) is 0 Å². The van der Waals surface area contributed by atoms with Crippen molar-refractivity contribution in [1.82, 2.24) is 10.6 Å². The van der Waals surface area contributed by atoms with E-state index in [2.05, 4.69) is 16.0 Å². The second kappa shape index (κ2) is 11.3. The largest absolute Gasteiger partial charge is 0.480 e. The van der Waals surface area contributed by atoms with E-state index in [4.69, 9.17) is 46.4 Å². The summed E-state index contributed by atoms with van der Waals surface area (Å²) in [7, 11) is 0. The second-order valence-corrected chi connectivity index (χ2v) is 7.71. The van der Waals surface area contributed by atoms with Gasteiger partial charge in [0.15, 0.2) is 0 Å². The first-order valence-corrected chi connectivity index (χ1v) is 10.2. The highest BCUT2D eigenvalue weighted by molar-refractivity contribution is 6.40. The van der Waals surface area contributed by atoms with Crippen LogP contribution in [0, 0.1) is 0 Å². The molecule has 160 valence electrons. The summed E-state index contributed by atoms with van der Waals surface area (Å²) in [5.41, 5.74) is 0.270. The highest BCUT2D eigenvalue weighted by Crippen LogP contribution is 2.29. The van der Waals surface area contributed by atoms with Crippen LogP contribution in [0.1, 0.15) is 23.2 Å². The Labute approximate surface area is 192 Å². The fraction of sp³-hybridized carbons (Fsp3) is 0.211. The number of carboxylic acid groups (broad SMARTS) is 1. The smallest absolute Gasteiger partial charge is 0.326 e. The number of halogens is 4. The van der Waals surface area contributed by atoms with Crippen molar-refractivity contribution < 1.29 is 19.5 Å². The molecule has 0 radical (unpaired) electrons. The monoisotopic (exact) mass is 491 g/mol. The summed E-state index contributed by atoms with van der Waals surface area (Å²) in [4.78, 5) is 35.8. The molecular formula is C19H17Cl4N3O4. The zero-order valence-corrected chi connectivity index (χ0v) is 18.4. The molecule has 2 aromatic rings. The molecule has 0 saturated heterocycles. The van der Waals surface area contributed by atoms with Crippen LogP contribution < -0.4 is 16.0 Å². The van der Waals surface area contributed by atoms with Gasteiger partial charge in [-0.25, -0.2) is 9.59 Å². The van der Waals surface area contributed by atoms with E-state index in [1.165, 1.54) is 12.1 Å². The van der Waals surface area contributed by atoms with Crippen LogP contribution in [-0.2, 0) is 4.79 Å². The van der Waals surface area contributed by atoms with E-state index >= 15 is 0 Å². The number of urea groups is 1. The van der Waals surface area contributed by atoms with Crippen LogP contribution in [0.25, 0.3) is 0 Å². The SMILES string of the molecule is O=C(NCCC[C@H](NC(=O)c1c(Cl)cccc1Cl)C(=O)O)Nc1c(Cl)cccc1Cl. The highest BCUT2D eigenvalue weighted by Gasteiger charge is 2.23. The number of carboxylic acids is 1. The van der Waals surface area contributed by atoms with Crippen molar-refractivity contribution in [2.75, 3.05) is 11.9 Å². The molecule has 0 bridgehead atoms. The minimum atomic E-state index is -1.22. The van der Waals surface area contributed by atoms with E-state index in [1.807, 2.05) is 0 Å². The summed E-state index contributed by atoms with van der Waals surface area (Å²) in [6, 6.07) is 7.59. The number of anilines is 1. The Morgan fingerprint density at radius 3 is 1.97 bits per heavy atom. The van der Waals surface area contributed by atoms with Crippen LogP contribution in [0.2, 0.25) is 20.1 Å². The number of aliphatic carboxylic acids is 1. The molecule has 0 aliphatic rings. The third-order valence-electron chi connectivity index (χ3n) is 3.95. The summed E-state index contributed by atoms with van der Waals surface area (Å²) in [6.07, 6.45) is 0.341.